The Hall–Kier alpha value is -2.77. The maximum absolute atomic E-state index is 12.4. The van der Waals surface area contributed by atoms with Crippen LogP contribution < -0.4 is 4.74 Å². The highest BCUT2D eigenvalue weighted by Gasteiger charge is 2.31. The van der Waals surface area contributed by atoms with Crippen LogP contribution in [-0.4, -0.2) is 29.3 Å². The predicted molar refractivity (Wildman–Crippen MR) is 89.9 cm³/mol. The van der Waals surface area contributed by atoms with Gasteiger partial charge in [0.2, 0.25) is 5.78 Å². The van der Waals surface area contributed by atoms with Gasteiger partial charge in [0.15, 0.2) is 6.61 Å². The van der Waals surface area contributed by atoms with E-state index < -0.39 is 24.7 Å². The molecule has 0 aliphatic heterocycles. The third-order valence-electron chi connectivity index (χ3n) is 4.35. The molecule has 1 fully saturated rings. The first kappa shape index (κ1) is 19.0. The molecule has 1 aromatic carbocycles. The fourth-order valence-electron chi connectivity index (χ4n) is 3.04. The number of ether oxygens (including phenoxy) is 2. The summed E-state index contributed by atoms with van der Waals surface area (Å²) < 4.78 is 47.3. The first-order valence-corrected chi connectivity index (χ1v) is 8.40. The molecule has 1 aliphatic rings. The lowest BCUT2D eigenvalue weighted by Crippen LogP contribution is -2.17. The molecule has 1 aliphatic carbocycles. The smallest absolute Gasteiger partial charge is 0.454 e. The molecule has 1 heterocycles. The second-order valence-electron chi connectivity index (χ2n) is 6.46. The van der Waals surface area contributed by atoms with Gasteiger partial charge in [-0.25, -0.2) is 4.79 Å². The zero-order chi connectivity index (χ0) is 19.8. The number of esters is 1. The van der Waals surface area contributed by atoms with Gasteiger partial charge in [-0.05, 0) is 57.0 Å². The van der Waals surface area contributed by atoms with E-state index in [0.717, 1.165) is 48.5 Å². The minimum atomic E-state index is -4.80. The van der Waals surface area contributed by atoms with Crippen molar-refractivity contribution in [2.45, 2.75) is 39.1 Å². The maximum Gasteiger partial charge on any atom is 0.573 e. The van der Waals surface area contributed by atoms with Gasteiger partial charge in [0.1, 0.15) is 5.75 Å². The van der Waals surface area contributed by atoms with E-state index in [1.54, 1.807) is 6.07 Å². The summed E-state index contributed by atoms with van der Waals surface area (Å²) in [4.78, 5) is 24.4. The molecule has 144 valence electrons. The molecule has 3 rings (SSSR count). The van der Waals surface area contributed by atoms with Crippen molar-refractivity contribution in [1.82, 2.24) is 4.57 Å². The number of hydrogen-bond donors (Lipinski definition) is 0. The Balaban J connectivity index is 1.60. The minimum Gasteiger partial charge on any atom is -0.454 e. The maximum atomic E-state index is 12.4. The fraction of sp³-hybridized carbons (Fsp3) is 0.368. The van der Waals surface area contributed by atoms with Gasteiger partial charge >= 0.3 is 12.3 Å². The molecular formula is C19H18F3NO4. The number of nitrogens with zero attached hydrogens (tertiary/aromatic N) is 1. The number of hydrogen-bond acceptors (Lipinski definition) is 4. The molecule has 0 bridgehead atoms. The van der Waals surface area contributed by atoms with Crippen molar-refractivity contribution in [3.8, 4) is 5.75 Å². The lowest BCUT2D eigenvalue weighted by Gasteiger charge is -2.09. The van der Waals surface area contributed by atoms with E-state index in [1.165, 1.54) is 0 Å². The molecular weight excluding hydrogens is 363 g/mol. The van der Waals surface area contributed by atoms with Crippen LogP contribution in [0.15, 0.2) is 30.3 Å². The molecule has 0 radical (unpaired) electrons. The molecule has 0 unspecified atom stereocenters. The molecule has 0 amide bonds. The fourth-order valence-corrected chi connectivity index (χ4v) is 3.04. The van der Waals surface area contributed by atoms with Crippen LogP contribution >= 0.6 is 0 Å². The molecule has 1 saturated carbocycles. The molecule has 27 heavy (non-hydrogen) atoms. The Morgan fingerprint density at radius 1 is 1.15 bits per heavy atom. The van der Waals surface area contributed by atoms with Crippen molar-refractivity contribution in [2.24, 2.45) is 0 Å². The van der Waals surface area contributed by atoms with E-state index in [9.17, 15) is 22.8 Å². The number of aryl methyl sites for hydroxylation is 1. The molecule has 2 aromatic rings. The van der Waals surface area contributed by atoms with E-state index in [1.807, 2.05) is 13.8 Å². The lowest BCUT2D eigenvalue weighted by atomic mass is 10.1. The number of benzene rings is 1. The number of halogens is 3. The molecule has 5 nitrogen and oxygen atoms in total. The molecule has 0 atom stereocenters. The largest absolute Gasteiger partial charge is 0.573 e. The van der Waals surface area contributed by atoms with Gasteiger partial charge < -0.3 is 14.0 Å². The summed E-state index contributed by atoms with van der Waals surface area (Å²) in [5.41, 5.74) is 2.39. The van der Waals surface area contributed by atoms with Gasteiger partial charge in [-0.15, -0.1) is 13.2 Å². The number of ketones is 1. The van der Waals surface area contributed by atoms with Crippen molar-refractivity contribution < 1.29 is 32.2 Å². The summed E-state index contributed by atoms with van der Waals surface area (Å²) in [6.07, 6.45) is -2.62. The molecule has 0 N–H and O–H groups in total. The second kappa shape index (κ2) is 7.09. The standard InChI is InChI=1S/C19H18F3NO4/c1-11-9-16(12(2)23(11)14-5-6-14)17(24)10-26-18(25)13-3-7-15(8-4-13)27-19(20,21)22/h3-4,7-9,14H,5-6,10H2,1-2H3. The van der Waals surface area contributed by atoms with Crippen LogP contribution in [0.2, 0.25) is 0 Å². The summed E-state index contributed by atoms with van der Waals surface area (Å²) in [5, 5.41) is 0. The number of carbonyl (C=O) groups excluding carboxylic acids is 2. The van der Waals surface area contributed by atoms with Crippen LogP contribution in [0.4, 0.5) is 13.2 Å². The third-order valence-corrected chi connectivity index (χ3v) is 4.35. The van der Waals surface area contributed by atoms with Crippen LogP contribution in [0.5, 0.6) is 5.75 Å². The van der Waals surface area contributed by atoms with Crippen molar-refractivity contribution in [3.63, 3.8) is 0 Å². The Morgan fingerprint density at radius 2 is 1.78 bits per heavy atom. The monoisotopic (exact) mass is 381 g/mol. The zero-order valence-electron chi connectivity index (χ0n) is 14.8. The summed E-state index contributed by atoms with van der Waals surface area (Å²) >= 11 is 0. The van der Waals surface area contributed by atoms with Crippen molar-refractivity contribution in [3.05, 3.63) is 52.8 Å². The van der Waals surface area contributed by atoms with Gasteiger partial charge in [-0.2, -0.15) is 0 Å². The topological polar surface area (TPSA) is 57.5 Å². The summed E-state index contributed by atoms with van der Waals surface area (Å²) in [6, 6.07) is 6.53. The average Bonchev–Trinajstić information content (AvgIpc) is 3.37. The highest BCUT2D eigenvalue weighted by Crippen LogP contribution is 2.38. The zero-order valence-corrected chi connectivity index (χ0v) is 14.8. The Kier molecular flexibility index (Phi) is 4.99. The molecule has 8 heteroatoms. The van der Waals surface area contributed by atoms with Gasteiger partial charge in [0.05, 0.1) is 5.56 Å². The summed E-state index contributed by atoms with van der Waals surface area (Å²) in [6.45, 7) is 3.35. The van der Waals surface area contributed by atoms with Crippen LogP contribution in [0.1, 0.15) is 51.0 Å². The molecule has 0 saturated heterocycles. The number of carbonyl (C=O) groups is 2. The highest BCUT2D eigenvalue weighted by atomic mass is 19.4. The number of alkyl halides is 3. The van der Waals surface area contributed by atoms with Gasteiger partial charge in [0.25, 0.3) is 0 Å². The Morgan fingerprint density at radius 3 is 2.33 bits per heavy atom. The molecule has 0 spiro atoms. The van der Waals surface area contributed by atoms with E-state index in [-0.39, 0.29) is 11.3 Å². The van der Waals surface area contributed by atoms with Crippen LogP contribution in [0, 0.1) is 13.8 Å². The Labute approximate surface area is 153 Å². The lowest BCUT2D eigenvalue weighted by molar-refractivity contribution is -0.274. The van der Waals surface area contributed by atoms with Crippen molar-refractivity contribution in [1.29, 1.82) is 0 Å². The first-order chi connectivity index (χ1) is 12.7. The predicted octanol–water partition coefficient (Wildman–Crippen LogP) is 4.38. The van der Waals surface area contributed by atoms with Crippen molar-refractivity contribution in [2.75, 3.05) is 6.61 Å². The van der Waals surface area contributed by atoms with E-state index >= 15 is 0 Å². The normalized spacial score (nSPS) is 14.1. The Bertz CT molecular complexity index is 864. The van der Waals surface area contributed by atoms with E-state index in [2.05, 4.69) is 9.30 Å². The van der Waals surface area contributed by atoms with E-state index in [4.69, 9.17) is 4.74 Å². The second-order valence-corrected chi connectivity index (χ2v) is 6.46. The summed E-state index contributed by atoms with van der Waals surface area (Å²) in [5.74, 6) is -1.55. The SMILES string of the molecule is Cc1cc(C(=O)COC(=O)c2ccc(OC(F)(F)F)cc2)c(C)n1C1CC1. The number of Topliss-reactive ketones (excluding diaryl/α,β-unsaturated/α-hetero) is 1. The van der Waals surface area contributed by atoms with Crippen molar-refractivity contribution >= 4 is 11.8 Å². The quantitative estimate of drug-likeness (QED) is 0.551. The van der Waals surface area contributed by atoms with E-state index in [0.29, 0.717) is 11.6 Å². The van der Waals surface area contributed by atoms with Gasteiger partial charge in [0, 0.05) is 23.0 Å². The number of rotatable bonds is 6. The highest BCUT2D eigenvalue weighted by molar-refractivity contribution is 6.00. The summed E-state index contributed by atoms with van der Waals surface area (Å²) in [7, 11) is 0. The van der Waals surface area contributed by atoms with Gasteiger partial charge in [-0.3, -0.25) is 4.79 Å². The first-order valence-electron chi connectivity index (χ1n) is 8.40. The average molecular weight is 381 g/mol. The minimum absolute atomic E-state index is 0.0285. The van der Waals surface area contributed by atoms with Crippen LogP contribution in [0.3, 0.4) is 0 Å². The van der Waals surface area contributed by atoms with Crippen LogP contribution in [-0.2, 0) is 4.74 Å². The molecule has 1 aromatic heterocycles. The van der Waals surface area contributed by atoms with Crippen LogP contribution in [0.25, 0.3) is 0 Å². The van der Waals surface area contributed by atoms with Gasteiger partial charge in [-0.1, -0.05) is 0 Å². The third kappa shape index (κ3) is 4.50. The number of aromatic nitrogens is 1.